The summed E-state index contributed by atoms with van der Waals surface area (Å²) >= 11 is 0. The number of anilines is 2. The van der Waals surface area contributed by atoms with E-state index in [1.165, 1.54) is 24.3 Å². The third-order valence-corrected chi connectivity index (χ3v) is 4.12. The summed E-state index contributed by atoms with van der Waals surface area (Å²) in [6.45, 7) is 3.49. The van der Waals surface area contributed by atoms with Crippen molar-refractivity contribution in [2.45, 2.75) is 19.9 Å². The summed E-state index contributed by atoms with van der Waals surface area (Å²) in [5, 5.41) is 4.65. The number of nitrogens with one attached hydrogen (secondary N) is 2. The van der Waals surface area contributed by atoms with E-state index >= 15 is 0 Å². The number of hydrogen-bond donors (Lipinski definition) is 3. The van der Waals surface area contributed by atoms with Crippen molar-refractivity contribution in [3.63, 3.8) is 0 Å². The van der Waals surface area contributed by atoms with Crippen molar-refractivity contribution in [1.82, 2.24) is 10.2 Å². The number of nitrogen functional groups attached to an aromatic ring is 1. The number of rotatable bonds is 3. The molecule has 0 aromatic heterocycles. The quantitative estimate of drug-likeness (QED) is 0.568. The standard InChI is InChI=1S/C19H18N4O4/c1-10(2)23-17(25)12-8-7-11(9-14(12)18(23)26)21-19(27)22-16(24)13-5-3-4-6-15(13)20/h3-10H,20H2,1-2H3,(H2,21,22,24,27). The predicted octanol–water partition coefficient (Wildman–Crippen LogP) is 2.24. The molecule has 1 heterocycles. The number of nitrogens with zero attached hydrogens (tertiary/aromatic N) is 1. The number of imide groups is 2. The molecule has 0 aliphatic carbocycles. The average molecular weight is 366 g/mol. The first kappa shape index (κ1) is 18.1. The Morgan fingerprint density at radius 3 is 2.33 bits per heavy atom. The summed E-state index contributed by atoms with van der Waals surface area (Å²) in [5.41, 5.74) is 6.92. The summed E-state index contributed by atoms with van der Waals surface area (Å²) in [4.78, 5) is 50.0. The highest BCUT2D eigenvalue weighted by Gasteiger charge is 2.37. The highest BCUT2D eigenvalue weighted by Crippen LogP contribution is 2.27. The normalized spacial score (nSPS) is 12.9. The van der Waals surface area contributed by atoms with E-state index < -0.39 is 17.8 Å². The van der Waals surface area contributed by atoms with E-state index in [1.807, 2.05) is 0 Å². The van der Waals surface area contributed by atoms with Crippen molar-refractivity contribution in [2.24, 2.45) is 0 Å². The molecule has 5 amide bonds. The number of nitrogens with two attached hydrogens (primary N) is 1. The lowest BCUT2D eigenvalue weighted by Gasteiger charge is -2.17. The highest BCUT2D eigenvalue weighted by atomic mass is 16.2. The molecule has 8 heteroatoms. The number of hydrogen-bond acceptors (Lipinski definition) is 5. The van der Waals surface area contributed by atoms with E-state index in [9.17, 15) is 19.2 Å². The fourth-order valence-electron chi connectivity index (χ4n) is 2.84. The van der Waals surface area contributed by atoms with Crippen LogP contribution < -0.4 is 16.4 Å². The minimum Gasteiger partial charge on any atom is -0.398 e. The van der Waals surface area contributed by atoms with Gasteiger partial charge in [0.25, 0.3) is 17.7 Å². The summed E-state index contributed by atoms with van der Waals surface area (Å²) < 4.78 is 0. The largest absolute Gasteiger partial charge is 0.398 e. The Kier molecular flexibility index (Phi) is 4.64. The van der Waals surface area contributed by atoms with Gasteiger partial charge in [-0.3, -0.25) is 24.6 Å². The molecule has 0 unspecified atom stereocenters. The second kappa shape index (κ2) is 6.91. The van der Waals surface area contributed by atoms with Gasteiger partial charge in [-0.25, -0.2) is 4.79 Å². The maximum atomic E-state index is 12.4. The van der Waals surface area contributed by atoms with Crippen LogP contribution in [0.2, 0.25) is 0 Å². The molecular formula is C19H18N4O4. The van der Waals surface area contributed by atoms with Crippen molar-refractivity contribution in [1.29, 1.82) is 0 Å². The Morgan fingerprint density at radius 1 is 1.00 bits per heavy atom. The van der Waals surface area contributed by atoms with Crippen LogP contribution in [0, 0.1) is 0 Å². The van der Waals surface area contributed by atoms with Gasteiger partial charge in [0.1, 0.15) is 0 Å². The zero-order chi connectivity index (χ0) is 19.7. The Hall–Kier alpha value is -3.68. The van der Waals surface area contributed by atoms with E-state index in [0.717, 1.165) is 4.90 Å². The molecule has 1 aliphatic heterocycles. The van der Waals surface area contributed by atoms with Gasteiger partial charge in [-0.2, -0.15) is 0 Å². The highest BCUT2D eigenvalue weighted by molar-refractivity contribution is 6.22. The molecule has 0 saturated carbocycles. The summed E-state index contributed by atoms with van der Waals surface area (Å²) in [5.74, 6) is -1.43. The van der Waals surface area contributed by atoms with Crippen molar-refractivity contribution in [3.8, 4) is 0 Å². The van der Waals surface area contributed by atoms with Crippen LogP contribution in [0.3, 0.4) is 0 Å². The lowest BCUT2D eigenvalue weighted by atomic mass is 10.1. The fourth-order valence-corrected chi connectivity index (χ4v) is 2.84. The van der Waals surface area contributed by atoms with Gasteiger partial charge in [0.15, 0.2) is 0 Å². The molecule has 2 aromatic rings. The smallest absolute Gasteiger partial charge is 0.326 e. The van der Waals surface area contributed by atoms with Gasteiger partial charge >= 0.3 is 6.03 Å². The number of para-hydroxylation sites is 1. The van der Waals surface area contributed by atoms with Crippen molar-refractivity contribution < 1.29 is 19.2 Å². The van der Waals surface area contributed by atoms with Crippen LogP contribution in [0.4, 0.5) is 16.2 Å². The second-order valence-electron chi connectivity index (χ2n) is 6.33. The summed E-state index contributed by atoms with van der Waals surface area (Å²) in [6.07, 6.45) is 0. The lowest BCUT2D eigenvalue weighted by molar-refractivity contribution is 0.0608. The van der Waals surface area contributed by atoms with Gasteiger partial charge in [-0.05, 0) is 44.2 Å². The molecule has 0 saturated heterocycles. The van der Waals surface area contributed by atoms with Gasteiger partial charge in [0.2, 0.25) is 0 Å². The fraction of sp³-hybridized carbons (Fsp3) is 0.158. The Balaban J connectivity index is 1.74. The molecular weight excluding hydrogens is 348 g/mol. The monoisotopic (exact) mass is 366 g/mol. The first-order chi connectivity index (χ1) is 12.8. The third kappa shape index (κ3) is 3.37. The van der Waals surface area contributed by atoms with Crippen molar-refractivity contribution >= 4 is 35.1 Å². The van der Waals surface area contributed by atoms with Crippen LogP contribution in [0.5, 0.6) is 0 Å². The van der Waals surface area contributed by atoms with E-state index in [4.69, 9.17) is 5.73 Å². The van der Waals surface area contributed by atoms with Gasteiger partial charge in [-0.15, -0.1) is 0 Å². The van der Waals surface area contributed by atoms with Gasteiger partial charge < -0.3 is 11.1 Å². The summed E-state index contributed by atoms with van der Waals surface area (Å²) in [6, 6.07) is 9.70. The average Bonchev–Trinajstić information content (AvgIpc) is 2.85. The number of urea groups is 1. The number of carbonyl (C=O) groups is 4. The predicted molar refractivity (Wildman–Crippen MR) is 99.4 cm³/mol. The van der Waals surface area contributed by atoms with Gasteiger partial charge in [0.05, 0.1) is 16.7 Å². The topological polar surface area (TPSA) is 122 Å². The van der Waals surface area contributed by atoms with E-state index in [0.29, 0.717) is 0 Å². The van der Waals surface area contributed by atoms with Crippen LogP contribution in [0.25, 0.3) is 0 Å². The maximum absolute atomic E-state index is 12.4. The Bertz CT molecular complexity index is 968. The number of carbonyl (C=O) groups excluding carboxylic acids is 4. The van der Waals surface area contributed by atoms with Crippen LogP contribution in [-0.4, -0.2) is 34.7 Å². The Morgan fingerprint density at radius 2 is 1.67 bits per heavy atom. The molecule has 27 heavy (non-hydrogen) atoms. The summed E-state index contributed by atoms with van der Waals surface area (Å²) in [7, 11) is 0. The van der Waals surface area contributed by atoms with E-state index in [2.05, 4.69) is 10.6 Å². The van der Waals surface area contributed by atoms with Crippen molar-refractivity contribution in [2.75, 3.05) is 11.1 Å². The zero-order valence-corrected chi connectivity index (χ0v) is 14.8. The first-order valence-corrected chi connectivity index (χ1v) is 8.28. The molecule has 2 aromatic carbocycles. The lowest BCUT2D eigenvalue weighted by Crippen LogP contribution is -2.36. The number of amides is 5. The Labute approximate surface area is 155 Å². The minimum atomic E-state index is -0.777. The van der Waals surface area contributed by atoms with Gasteiger partial charge in [0, 0.05) is 17.4 Å². The van der Waals surface area contributed by atoms with Crippen LogP contribution in [0.1, 0.15) is 44.9 Å². The van der Waals surface area contributed by atoms with E-state index in [1.54, 1.807) is 32.0 Å². The molecule has 0 radical (unpaired) electrons. The van der Waals surface area contributed by atoms with Crippen LogP contribution in [0.15, 0.2) is 42.5 Å². The first-order valence-electron chi connectivity index (χ1n) is 8.28. The van der Waals surface area contributed by atoms with Crippen LogP contribution in [-0.2, 0) is 0 Å². The molecule has 0 bridgehead atoms. The number of benzene rings is 2. The third-order valence-electron chi connectivity index (χ3n) is 4.12. The SMILES string of the molecule is CC(C)N1C(=O)c2ccc(NC(=O)NC(=O)c3ccccc3N)cc2C1=O. The van der Waals surface area contributed by atoms with Crippen molar-refractivity contribution in [3.05, 3.63) is 59.2 Å². The molecule has 8 nitrogen and oxygen atoms in total. The molecule has 0 atom stereocenters. The van der Waals surface area contributed by atoms with E-state index in [-0.39, 0.29) is 40.0 Å². The number of fused-ring (bicyclic) bond motifs is 1. The molecule has 1 aliphatic rings. The second-order valence-corrected chi connectivity index (χ2v) is 6.33. The molecule has 0 spiro atoms. The molecule has 138 valence electrons. The van der Waals surface area contributed by atoms with Gasteiger partial charge in [-0.1, -0.05) is 12.1 Å². The molecule has 3 rings (SSSR count). The molecule has 4 N–H and O–H groups in total. The minimum absolute atomic E-state index is 0.176. The zero-order valence-electron chi connectivity index (χ0n) is 14.8. The van der Waals surface area contributed by atoms with Crippen LogP contribution >= 0.6 is 0 Å². The maximum Gasteiger partial charge on any atom is 0.326 e. The molecule has 0 fully saturated rings.